The molecule has 0 radical (unpaired) electrons. The second kappa shape index (κ2) is 12.6. The van der Waals surface area contributed by atoms with Crippen LogP contribution in [0.25, 0.3) is 0 Å². The van der Waals surface area contributed by atoms with E-state index in [9.17, 15) is 20.1 Å². The van der Waals surface area contributed by atoms with Crippen molar-refractivity contribution in [3.8, 4) is 0 Å². The van der Waals surface area contributed by atoms with Gasteiger partial charge in [0.05, 0.1) is 11.5 Å². The van der Waals surface area contributed by atoms with Gasteiger partial charge in [0.15, 0.2) is 0 Å². The van der Waals surface area contributed by atoms with E-state index in [1.165, 1.54) is 0 Å². The van der Waals surface area contributed by atoms with Crippen molar-refractivity contribution in [2.24, 2.45) is 16.7 Å². The van der Waals surface area contributed by atoms with Gasteiger partial charge < -0.3 is 20.2 Å². The number of aliphatic hydroxyl groups excluding tert-OH is 1. The number of rotatable bonds is 10. The summed E-state index contributed by atoms with van der Waals surface area (Å²) in [5.41, 5.74) is -1.05. The monoisotopic (exact) mass is 539 g/mol. The summed E-state index contributed by atoms with van der Waals surface area (Å²) in [6, 6.07) is 20.0. The Kier molecular flexibility index (Phi) is 9.99. The predicted molar refractivity (Wildman–Crippen MR) is 154 cm³/mol. The lowest BCUT2D eigenvalue weighted by atomic mass is 9.58. The van der Waals surface area contributed by atoms with Crippen LogP contribution in [0.3, 0.4) is 0 Å². The Bertz CT molecular complexity index is 1050. The molecule has 4 rings (SSSR count). The molecule has 38 heavy (non-hydrogen) atoms. The maximum absolute atomic E-state index is 12.1. The second-order valence-electron chi connectivity index (χ2n) is 11.2. The van der Waals surface area contributed by atoms with Crippen LogP contribution in [0.4, 0.5) is 0 Å². The van der Waals surface area contributed by atoms with Crippen molar-refractivity contribution in [2.45, 2.75) is 57.7 Å². The van der Waals surface area contributed by atoms with E-state index in [1.54, 1.807) is 13.8 Å². The minimum absolute atomic E-state index is 0. The Morgan fingerprint density at radius 2 is 1.55 bits per heavy atom. The summed E-state index contributed by atoms with van der Waals surface area (Å²) >= 11 is 0. The van der Waals surface area contributed by atoms with Crippen molar-refractivity contribution >= 4 is 18.4 Å². The number of carbonyl (C=O) groups is 1. The lowest BCUT2D eigenvalue weighted by Gasteiger charge is -2.46. The first-order chi connectivity index (χ1) is 17.7. The number of likely N-dealkylation sites (tertiary alicyclic amines) is 1. The summed E-state index contributed by atoms with van der Waals surface area (Å²) < 4.78 is 0. The number of benzene rings is 2. The van der Waals surface area contributed by atoms with Crippen molar-refractivity contribution in [1.29, 1.82) is 0 Å². The molecule has 1 fully saturated rings. The quantitative estimate of drug-likeness (QED) is 0.355. The van der Waals surface area contributed by atoms with Crippen LogP contribution in [-0.4, -0.2) is 51.9 Å². The first-order valence-electron chi connectivity index (χ1n) is 13.5. The summed E-state index contributed by atoms with van der Waals surface area (Å²) in [7, 11) is 0. The van der Waals surface area contributed by atoms with Crippen LogP contribution in [0.5, 0.6) is 0 Å². The fourth-order valence-corrected chi connectivity index (χ4v) is 6.33. The molecule has 2 aromatic carbocycles. The first-order valence-corrected chi connectivity index (χ1v) is 13.5. The largest absolute Gasteiger partial charge is 0.481 e. The predicted octanol–water partition coefficient (Wildman–Crippen LogP) is 5.81. The van der Waals surface area contributed by atoms with Gasteiger partial charge in [0, 0.05) is 5.41 Å². The third-order valence-electron chi connectivity index (χ3n) is 8.95. The molecule has 0 spiro atoms. The zero-order chi connectivity index (χ0) is 26.5. The van der Waals surface area contributed by atoms with E-state index in [0.717, 1.165) is 50.0 Å². The molecule has 3 N–H and O–H groups in total. The van der Waals surface area contributed by atoms with Gasteiger partial charge in [-0.15, -0.1) is 12.4 Å². The Morgan fingerprint density at radius 3 is 2.03 bits per heavy atom. The molecule has 2 atom stereocenters. The normalized spacial score (nSPS) is 21.6. The van der Waals surface area contributed by atoms with E-state index < -0.39 is 28.5 Å². The molecule has 0 bridgehead atoms. The van der Waals surface area contributed by atoms with E-state index in [0.29, 0.717) is 12.8 Å². The van der Waals surface area contributed by atoms with Crippen LogP contribution in [0.2, 0.25) is 0 Å². The van der Waals surface area contributed by atoms with Gasteiger partial charge in [0.1, 0.15) is 5.60 Å². The van der Waals surface area contributed by atoms with Gasteiger partial charge in [-0.1, -0.05) is 85.0 Å². The van der Waals surface area contributed by atoms with Crippen molar-refractivity contribution in [1.82, 2.24) is 4.90 Å². The average molecular weight is 540 g/mol. The van der Waals surface area contributed by atoms with Gasteiger partial charge in [-0.2, -0.15) is 0 Å². The number of carboxylic acids is 1. The summed E-state index contributed by atoms with van der Waals surface area (Å²) in [4.78, 5) is 14.5. The van der Waals surface area contributed by atoms with Crippen molar-refractivity contribution in [3.63, 3.8) is 0 Å². The van der Waals surface area contributed by atoms with Crippen LogP contribution >= 0.6 is 12.4 Å². The number of piperidine rings is 1. The summed E-state index contributed by atoms with van der Waals surface area (Å²) in [5.74, 6) is -0.782. The number of aliphatic hydroxyl groups is 2. The fourth-order valence-electron chi connectivity index (χ4n) is 6.33. The third-order valence-corrected chi connectivity index (χ3v) is 8.95. The Labute approximate surface area is 233 Å². The molecule has 5 nitrogen and oxygen atoms in total. The number of hydrogen-bond acceptors (Lipinski definition) is 4. The minimum Gasteiger partial charge on any atom is -0.481 e. The number of carboxylic acid groups (broad SMARTS) is 1. The van der Waals surface area contributed by atoms with E-state index >= 15 is 0 Å². The van der Waals surface area contributed by atoms with Gasteiger partial charge in [-0.25, -0.2) is 0 Å². The minimum atomic E-state index is -1.08. The molecule has 6 heteroatoms. The third kappa shape index (κ3) is 5.76. The van der Waals surface area contributed by atoms with Crippen LogP contribution < -0.4 is 0 Å². The second-order valence-corrected chi connectivity index (χ2v) is 11.2. The van der Waals surface area contributed by atoms with Crippen molar-refractivity contribution in [3.05, 3.63) is 96.1 Å². The summed E-state index contributed by atoms with van der Waals surface area (Å²) in [6.07, 6.45) is 10.5. The molecule has 0 aromatic heterocycles. The molecule has 1 aliphatic carbocycles. The number of aliphatic carboxylic acids is 1. The molecule has 2 unspecified atom stereocenters. The fraction of sp³-hybridized carbons (Fsp3) is 0.469. The Balaban J connectivity index is 0.00000400. The molecular formula is C32H42ClNO4. The maximum Gasteiger partial charge on any atom is 0.310 e. The SMILES string of the molecule is CC(C)(C(=O)O)C1(C(O)CCCN2CCC(C(O)(c3ccccc3)c3ccccc3)CC2)C=CC=CC1.Cl. The topological polar surface area (TPSA) is 81.0 Å². The number of allylic oxidation sites excluding steroid dienone is 3. The van der Waals surface area contributed by atoms with Crippen molar-refractivity contribution in [2.75, 3.05) is 19.6 Å². The molecule has 2 aromatic rings. The lowest BCUT2D eigenvalue weighted by Crippen LogP contribution is -2.50. The smallest absolute Gasteiger partial charge is 0.310 e. The Hall–Kier alpha value is -2.44. The van der Waals surface area contributed by atoms with Gasteiger partial charge in [0.25, 0.3) is 0 Å². The van der Waals surface area contributed by atoms with Gasteiger partial charge in [-0.05, 0) is 82.6 Å². The van der Waals surface area contributed by atoms with Crippen LogP contribution in [0.1, 0.15) is 57.1 Å². The van der Waals surface area contributed by atoms with E-state index in [2.05, 4.69) is 4.90 Å². The highest BCUT2D eigenvalue weighted by Crippen LogP contribution is 2.49. The zero-order valence-electron chi connectivity index (χ0n) is 22.5. The highest BCUT2D eigenvalue weighted by Gasteiger charge is 2.52. The van der Waals surface area contributed by atoms with Crippen LogP contribution in [0, 0.1) is 16.7 Å². The van der Waals surface area contributed by atoms with Gasteiger partial charge >= 0.3 is 5.97 Å². The summed E-state index contributed by atoms with van der Waals surface area (Å²) in [6.45, 7) is 6.05. The zero-order valence-corrected chi connectivity index (χ0v) is 23.3. The van der Waals surface area contributed by atoms with Gasteiger partial charge in [0.2, 0.25) is 0 Å². The Morgan fingerprint density at radius 1 is 1.00 bits per heavy atom. The van der Waals surface area contributed by atoms with Gasteiger partial charge in [-0.3, -0.25) is 4.79 Å². The molecule has 0 amide bonds. The molecule has 0 saturated carbocycles. The molecule has 206 valence electrons. The average Bonchev–Trinajstić information content (AvgIpc) is 2.94. The summed E-state index contributed by atoms with van der Waals surface area (Å²) in [5, 5.41) is 33.2. The highest BCUT2D eigenvalue weighted by molar-refractivity contribution is 5.85. The number of nitrogens with zero attached hydrogens (tertiary/aromatic N) is 1. The van der Waals surface area contributed by atoms with E-state index in [1.807, 2.05) is 85.0 Å². The molecule has 1 saturated heterocycles. The van der Waals surface area contributed by atoms with E-state index in [-0.39, 0.29) is 18.3 Å². The first kappa shape index (κ1) is 30.1. The lowest BCUT2D eigenvalue weighted by molar-refractivity contribution is -0.159. The maximum atomic E-state index is 12.1. The highest BCUT2D eigenvalue weighted by atomic mass is 35.5. The van der Waals surface area contributed by atoms with Crippen LogP contribution in [-0.2, 0) is 10.4 Å². The standard InChI is InChI=1S/C32H41NO4.ClH/c1-30(2,29(35)36)31(20-10-5-11-21-31)28(34)17-12-22-33-23-18-27(19-24-33)32(37,25-13-6-3-7-14-25)26-15-8-4-9-16-26;/h3-11,13-16,20,27-28,34,37H,12,17-19,21-24H2,1-2H3,(H,35,36);1H. The molecule has 1 heterocycles. The number of hydrogen-bond donors (Lipinski definition) is 3. The molecule has 1 aliphatic heterocycles. The van der Waals surface area contributed by atoms with Crippen molar-refractivity contribution < 1.29 is 20.1 Å². The van der Waals surface area contributed by atoms with E-state index in [4.69, 9.17) is 0 Å². The number of halogens is 1. The molecule has 2 aliphatic rings. The molecular weight excluding hydrogens is 498 g/mol. The van der Waals surface area contributed by atoms with Crippen LogP contribution in [0.15, 0.2) is 85.0 Å².